The first kappa shape index (κ1) is 24.0. The minimum atomic E-state index is -2.69. The van der Waals surface area contributed by atoms with Crippen molar-refractivity contribution < 1.29 is 23.4 Å². The summed E-state index contributed by atoms with van der Waals surface area (Å²) in [5.41, 5.74) is 2.58. The summed E-state index contributed by atoms with van der Waals surface area (Å²) in [4.78, 5) is 19.4. The lowest BCUT2D eigenvalue weighted by molar-refractivity contribution is -0.138. The normalized spacial score (nSPS) is 24.6. The van der Waals surface area contributed by atoms with Crippen LogP contribution in [0.4, 0.5) is 14.5 Å². The average molecular weight is 470 g/mol. The molecule has 0 spiro atoms. The van der Waals surface area contributed by atoms with Crippen LogP contribution in [0.5, 0.6) is 0 Å². The monoisotopic (exact) mass is 469 g/mol. The van der Waals surface area contributed by atoms with Crippen molar-refractivity contribution in [1.29, 1.82) is 0 Å². The summed E-state index contributed by atoms with van der Waals surface area (Å²) in [6.07, 6.45) is 5.86. The van der Waals surface area contributed by atoms with E-state index in [0.29, 0.717) is 23.2 Å². The number of aliphatic carboxylic acids is 1. The number of rotatable bonds is 8. The average Bonchev–Trinajstić information content (AvgIpc) is 2.85. The van der Waals surface area contributed by atoms with Gasteiger partial charge in [-0.3, -0.25) is 14.8 Å². The molecule has 1 aliphatic carbocycles. The molecule has 1 atom stereocenters. The van der Waals surface area contributed by atoms with E-state index in [1.807, 2.05) is 12.1 Å². The Morgan fingerprint density at radius 2 is 1.91 bits per heavy atom. The minimum Gasteiger partial charge on any atom is -0.481 e. The van der Waals surface area contributed by atoms with Gasteiger partial charge >= 0.3 is 5.97 Å². The zero-order valence-corrected chi connectivity index (χ0v) is 19.1. The number of nitrogens with one attached hydrogen (secondary N) is 1. The lowest BCUT2D eigenvalue weighted by Gasteiger charge is -2.30. The molecule has 1 unspecified atom stereocenters. The third kappa shape index (κ3) is 5.50. The first-order chi connectivity index (χ1) is 16.4. The molecule has 6 nitrogen and oxygen atoms in total. The summed E-state index contributed by atoms with van der Waals surface area (Å²) < 4.78 is 31.9. The highest BCUT2D eigenvalue weighted by Gasteiger charge is 2.41. The van der Waals surface area contributed by atoms with E-state index in [1.54, 1.807) is 6.20 Å². The maximum absolute atomic E-state index is 13.4. The summed E-state index contributed by atoms with van der Waals surface area (Å²) >= 11 is 0. The Bertz CT molecular complexity index is 1050. The molecule has 0 saturated heterocycles. The van der Waals surface area contributed by atoms with E-state index >= 15 is 0 Å². The maximum Gasteiger partial charge on any atom is 0.303 e. The first-order valence-electron chi connectivity index (χ1n) is 11.5. The Morgan fingerprint density at radius 3 is 2.50 bits per heavy atom. The summed E-state index contributed by atoms with van der Waals surface area (Å²) in [6, 6.07) is 12.1. The smallest absolute Gasteiger partial charge is 0.303 e. The van der Waals surface area contributed by atoms with Crippen molar-refractivity contribution in [3.05, 3.63) is 60.1 Å². The number of aromatic nitrogens is 1. The number of benzene rings is 1. The van der Waals surface area contributed by atoms with Gasteiger partial charge in [-0.05, 0) is 55.2 Å². The molecule has 2 aromatic rings. The van der Waals surface area contributed by atoms with Crippen LogP contribution in [0.2, 0.25) is 0 Å². The Labute approximate surface area is 197 Å². The molecule has 180 valence electrons. The molecular formula is C26H29F2N3O3. The highest BCUT2D eigenvalue weighted by atomic mass is 19.3. The number of hydrogen-bond acceptors (Lipinski definition) is 5. The number of carboxylic acid groups (broad SMARTS) is 1. The van der Waals surface area contributed by atoms with Crippen LogP contribution in [0, 0.1) is 5.92 Å². The fraction of sp³-hybridized carbons (Fsp3) is 0.423. The highest BCUT2D eigenvalue weighted by molar-refractivity contribution is 5.73. The van der Waals surface area contributed by atoms with Gasteiger partial charge in [-0.15, -0.1) is 0 Å². The number of hydrogen-bond donors (Lipinski definition) is 2. The molecular weight excluding hydrogens is 440 g/mol. The second kappa shape index (κ2) is 10.4. The van der Waals surface area contributed by atoms with Crippen molar-refractivity contribution in [1.82, 2.24) is 4.98 Å². The molecule has 1 fully saturated rings. The number of pyridine rings is 1. The van der Waals surface area contributed by atoms with Crippen LogP contribution < -0.4 is 5.32 Å². The molecule has 8 heteroatoms. The van der Waals surface area contributed by atoms with Crippen LogP contribution in [0.1, 0.15) is 50.0 Å². The van der Waals surface area contributed by atoms with Gasteiger partial charge in [-0.25, -0.2) is 8.78 Å². The van der Waals surface area contributed by atoms with Gasteiger partial charge in [0.1, 0.15) is 0 Å². The zero-order chi connectivity index (χ0) is 24.1. The molecule has 1 saturated carbocycles. The number of aliphatic imine (C=N–C) groups is 1. The molecule has 0 radical (unpaired) electrons. The molecule has 4 rings (SSSR count). The Balaban J connectivity index is 1.36. The highest BCUT2D eigenvalue weighted by Crippen LogP contribution is 2.37. The van der Waals surface area contributed by atoms with Crippen LogP contribution in [0.15, 0.2) is 59.5 Å². The number of alkyl halides is 2. The van der Waals surface area contributed by atoms with Crippen LogP contribution in [0.3, 0.4) is 0 Å². The van der Waals surface area contributed by atoms with E-state index in [9.17, 15) is 13.6 Å². The lowest BCUT2D eigenvalue weighted by Crippen LogP contribution is -2.43. The van der Waals surface area contributed by atoms with Gasteiger partial charge in [0.15, 0.2) is 5.60 Å². The van der Waals surface area contributed by atoms with Gasteiger partial charge in [0.25, 0.3) is 6.43 Å². The van der Waals surface area contributed by atoms with Crippen molar-refractivity contribution >= 4 is 17.9 Å². The van der Waals surface area contributed by atoms with Gasteiger partial charge in [0.05, 0.1) is 17.6 Å². The van der Waals surface area contributed by atoms with Crippen molar-refractivity contribution in [2.24, 2.45) is 10.9 Å². The van der Waals surface area contributed by atoms with Gasteiger partial charge in [-0.2, -0.15) is 0 Å². The van der Waals surface area contributed by atoms with Crippen LogP contribution in [0.25, 0.3) is 11.3 Å². The summed E-state index contributed by atoms with van der Waals surface area (Å²) in [6.45, 7) is 0. The number of ether oxygens (including phenoxy) is 1. The van der Waals surface area contributed by atoms with Crippen molar-refractivity contribution in [2.45, 2.75) is 56.5 Å². The third-order valence-electron chi connectivity index (χ3n) is 6.80. The first-order valence-corrected chi connectivity index (χ1v) is 11.5. The predicted molar refractivity (Wildman–Crippen MR) is 127 cm³/mol. The Kier molecular flexibility index (Phi) is 7.36. The zero-order valence-electron chi connectivity index (χ0n) is 19.1. The summed E-state index contributed by atoms with van der Waals surface area (Å²) in [7, 11) is 1.26. The second-order valence-corrected chi connectivity index (χ2v) is 9.06. The predicted octanol–water partition coefficient (Wildman–Crippen LogP) is 5.88. The number of carboxylic acids is 1. The molecule has 2 N–H and O–H groups in total. The van der Waals surface area contributed by atoms with E-state index in [-0.39, 0.29) is 12.8 Å². The SMILES string of the molecule is COC1(C(F)F)C=NC=C(Nc2ccc(-c3ccc(C4CCC(CC(=O)O)CC4)cc3)nc2)C1. The topological polar surface area (TPSA) is 83.8 Å². The Morgan fingerprint density at radius 1 is 1.18 bits per heavy atom. The van der Waals surface area contributed by atoms with E-state index in [0.717, 1.165) is 43.2 Å². The number of methoxy groups -OCH3 is 1. The third-order valence-corrected chi connectivity index (χ3v) is 6.80. The van der Waals surface area contributed by atoms with Crippen LogP contribution in [-0.2, 0) is 9.53 Å². The van der Waals surface area contributed by atoms with Gasteiger partial charge < -0.3 is 15.2 Å². The van der Waals surface area contributed by atoms with Gasteiger partial charge in [0.2, 0.25) is 0 Å². The molecule has 2 aliphatic rings. The molecule has 2 heterocycles. The lowest BCUT2D eigenvalue weighted by atomic mass is 9.77. The van der Waals surface area contributed by atoms with Crippen molar-refractivity contribution in [2.75, 3.05) is 12.4 Å². The van der Waals surface area contributed by atoms with Crippen LogP contribution >= 0.6 is 0 Å². The molecule has 1 aliphatic heterocycles. The fourth-order valence-electron chi connectivity index (χ4n) is 4.76. The van der Waals surface area contributed by atoms with Crippen molar-refractivity contribution in [3.63, 3.8) is 0 Å². The molecule has 0 amide bonds. The van der Waals surface area contributed by atoms with Gasteiger partial charge in [0, 0.05) is 43.6 Å². The summed E-state index contributed by atoms with van der Waals surface area (Å²) in [5.74, 6) is 0.0565. The minimum absolute atomic E-state index is 0.00784. The van der Waals surface area contributed by atoms with E-state index in [4.69, 9.17) is 9.84 Å². The van der Waals surface area contributed by atoms with E-state index in [2.05, 4.69) is 39.6 Å². The fourth-order valence-corrected chi connectivity index (χ4v) is 4.76. The second-order valence-electron chi connectivity index (χ2n) is 9.06. The Hall–Kier alpha value is -3.13. The van der Waals surface area contributed by atoms with Crippen LogP contribution in [-0.4, -0.2) is 41.4 Å². The molecule has 1 aromatic heterocycles. The summed E-state index contributed by atoms with van der Waals surface area (Å²) in [5, 5.41) is 12.1. The number of carbonyl (C=O) groups is 1. The van der Waals surface area contributed by atoms with Gasteiger partial charge in [-0.1, -0.05) is 24.3 Å². The standard InChI is InChI=1S/C26H29F2N3O3/c1-34-26(25(27)28)13-22(14-29-16-26)31-21-10-11-23(30-15-21)20-8-6-19(7-9-20)18-4-2-17(3-5-18)12-24(32)33/h6-11,14-18,25,31H,2-5,12-13H2,1H3,(H,32,33). The number of nitrogens with zero attached hydrogens (tertiary/aromatic N) is 2. The number of halogens is 2. The number of anilines is 1. The molecule has 1 aromatic carbocycles. The largest absolute Gasteiger partial charge is 0.481 e. The molecule has 0 bridgehead atoms. The van der Waals surface area contributed by atoms with E-state index in [1.165, 1.54) is 18.9 Å². The van der Waals surface area contributed by atoms with E-state index < -0.39 is 18.0 Å². The molecule has 34 heavy (non-hydrogen) atoms. The quantitative estimate of drug-likeness (QED) is 0.505. The maximum atomic E-state index is 13.4. The van der Waals surface area contributed by atoms with Crippen molar-refractivity contribution in [3.8, 4) is 11.3 Å².